The van der Waals surface area contributed by atoms with Crippen LogP contribution in [0, 0.1) is 6.92 Å². The van der Waals surface area contributed by atoms with Gasteiger partial charge in [-0.1, -0.05) is 29.8 Å². The zero-order chi connectivity index (χ0) is 19.0. The van der Waals surface area contributed by atoms with Gasteiger partial charge >= 0.3 is 0 Å². The summed E-state index contributed by atoms with van der Waals surface area (Å²) in [5.74, 6) is 1.10. The van der Waals surface area contributed by atoms with Crippen LogP contribution in [0.25, 0.3) is 11.0 Å². The maximum atomic E-state index is 12.8. The number of aromatic nitrogens is 2. The van der Waals surface area contributed by atoms with E-state index in [1.807, 2.05) is 48.2 Å². The molecule has 0 N–H and O–H groups in total. The normalized spacial score (nSPS) is 17.2. The fraction of sp³-hybridized carbons (Fsp3) is 0.333. The number of rotatable bonds is 5. The lowest BCUT2D eigenvalue weighted by Crippen LogP contribution is -2.25. The molecule has 1 aliphatic heterocycles. The minimum absolute atomic E-state index is 0.0418. The molecule has 0 unspecified atom stereocenters. The number of anilines is 1. The summed E-state index contributed by atoms with van der Waals surface area (Å²) >= 11 is 6.26. The van der Waals surface area contributed by atoms with Crippen molar-refractivity contribution in [3.63, 3.8) is 0 Å². The fourth-order valence-corrected chi connectivity index (χ4v) is 3.99. The molecule has 4 rings (SSSR count). The van der Waals surface area contributed by atoms with Crippen LogP contribution in [0.4, 0.5) is 5.69 Å². The van der Waals surface area contributed by atoms with Crippen molar-refractivity contribution in [1.29, 1.82) is 0 Å². The number of fused-ring (bicyclic) bond motifs is 1. The molecule has 5 nitrogen and oxygen atoms in total. The van der Waals surface area contributed by atoms with Gasteiger partial charge in [-0.2, -0.15) is 0 Å². The van der Waals surface area contributed by atoms with Gasteiger partial charge in [0, 0.05) is 43.2 Å². The topological polar surface area (TPSA) is 47.4 Å². The molecule has 1 aromatic heterocycles. The Hall–Kier alpha value is -2.37. The van der Waals surface area contributed by atoms with Crippen molar-refractivity contribution in [3.05, 3.63) is 58.9 Å². The molecule has 0 spiro atoms. The molecule has 27 heavy (non-hydrogen) atoms. The Balaban J connectivity index is 1.70. The van der Waals surface area contributed by atoms with Gasteiger partial charge in [0.1, 0.15) is 5.82 Å². The second-order valence-corrected chi connectivity index (χ2v) is 7.30. The molecular weight excluding hydrogens is 362 g/mol. The zero-order valence-corrected chi connectivity index (χ0v) is 16.2. The number of carbonyl (C=O) groups excluding carboxylic acids is 1. The molecule has 2 heterocycles. The molecule has 1 aliphatic rings. The summed E-state index contributed by atoms with van der Waals surface area (Å²) in [7, 11) is 1.70. The van der Waals surface area contributed by atoms with Gasteiger partial charge in [0.05, 0.1) is 17.6 Å². The number of methoxy groups -OCH3 is 1. The lowest BCUT2D eigenvalue weighted by Gasteiger charge is -2.20. The standard InChI is InChI=1S/C21H22ClN3O2/c1-14-16(22)6-5-9-18(14)25-13-15(12-20(25)26)21-23-17-7-3-4-8-19(17)24(21)10-11-27-2/h3-9,15H,10-13H2,1-2H3/t15-/m1/s1. The molecule has 0 saturated carbocycles. The van der Waals surface area contributed by atoms with Crippen LogP contribution in [0.5, 0.6) is 0 Å². The first-order valence-electron chi connectivity index (χ1n) is 9.09. The average Bonchev–Trinajstić information content (AvgIpc) is 3.23. The van der Waals surface area contributed by atoms with Crippen LogP contribution in [0.2, 0.25) is 5.02 Å². The number of hydrogen-bond donors (Lipinski definition) is 0. The Kier molecular flexibility index (Phi) is 4.89. The van der Waals surface area contributed by atoms with Crippen molar-refractivity contribution in [1.82, 2.24) is 9.55 Å². The summed E-state index contributed by atoms with van der Waals surface area (Å²) in [6, 6.07) is 13.8. The third-order valence-corrected chi connectivity index (χ3v) is 5.63. The number of hydrogen-bond acceptors (Lipinski definition) is 3. The van der Waals surface area contributed by atoms with Gasteiger partial charge in [0.15, 0.2) is 0 Å². The summed E-state index contributed by atoms with van der Waals surface area (Å²) in [5.41, 5.74) is 3.85. The highest BCUT2D eigenvalue weighted by atomic mass is 35.5. The van der Waals surface area contributed by atoms with Crippen LogP contribution >= 0.6 is 11.6 Å². The number of carbonyl (C=O) groups is 1. The summed E-state index contributed by atoms with van der Waals surface area (Å²) in [4.78, 5) is 19.5. The van der Waals surface area contributed by atoms with Gasteiger partial charge in [-0.3, -0.25) is 4.79 Å². The van der Waals surface area contributed by atoms with E-state index in [-0.39, 0.29) is 11.8 Å². The fourth-order valence-electron chi connectivity index (χ4n) is 3.83. The molecule has 1 atom stereocenters. The monoisotopic (exact) mass is 383 g/mol. The van der Waals surface area contributed by atoms with E-state index in [9.17, 15) is 4.79 Å². The first kappa shape index (κ1) is 18.0. The largest absolute Gasteiger partial charge is 0.383 e. The molecule has 6 heteroatoms. The third kappa shape index (κ3) is 3.22. The van der Waals surface area contributed by atoms with Gasteiger partial charge in [-0.25, -0.2) is 4.98 Å². The Morgan fingerprint density at radius 1 is 1.22 bits per heavy atom. The quantitative estimate of drug-likeness (QED) is 0.664. The second kappa shape index (κ2) is 7.33. The Bertz CT molecular complexity index is 998. The predicted octanol–water partition coefficient (Wildman–Crippen LogP) is 4.17. The molecule has 1 fully saturated rings. The first-order valence-corrected chi connectivity index (χ1v) is 9.47. The van der Waals surface area contributed by atoms with Crippen LogP contribution in [0.15, 0.2) is 42.5 Å². The van der Waals surface area contributed by atoms with E-state index >= 15 is 0 Å². The predicted molar refractivity (Wildman–Crippen MR) is 108 cm³/mol. The van der Waals surface area contributed by atoms with E-state index in [1.165, 1.54) is 0 Å². The molecule has 0 radical (unpaired) electrons. The number of nitrogens with zero attached hydrogens (tertiary/aromatic N) is 3. The van der Waals surface area contributed by atoms with Crippen molar-refractivity contribution in [2.75, 3.05) is 25.2 Å². The molecule has 1 amide bonds. The zero-order valence-electron chi connectivity index (χ0n) is 15.5. The number of halogens is 1. The molecule has 3 aromatic rings. The van der Waals surface area contributed by atoms with Crippen molar-refractivity contribution >= 4 is 34.2 Å². The van der Waals surface area contributed by atoms with Crippen LogP contribution in [-0.4, -0.2) is 35.7 Å². The second-order valence-electron chi connectivity index (χ2n) is 6.89. The van der Waals surface area contributed by atoms with Crippen LogP contribution in [0.1, 0.15) is 23.7 Å². The number of benzene rings is 2. The molecule has 2 aromatic carbocycles. The molecular formula is C21H22ClN3O2. The SMILES string of the molecule is COCCn1c([C@@H]2CC(=O)N(c3cccc(Cl)c3C)C2)nc2ccccc21. The minimum atomic E-state index is 0.0418. The number of imidazole rings is 1. The molecule has 0 aliphatic carbocycles. The lowest BCUT2D eigenvalue weighted by molar-refractivity contribution is -0.117. The van der Waals surface area contributed by atoms with Gasteiger partial charge < -0.3 is 14.2 Å². The molecule has 0 bridgehead atoms. The van der Waals surface area contributed by atoms with Crippen molar-refractivity contribution in [3.8, 4) is 0 Å². The highest BCUT2D eigenvalue weighted by Crippen LogP contribution is 2.36. The van der Waals surface area contributed by atoms with Gasteiger partial charge in [0.2, 0.25) is 5.91 Å². The number of ether oxygens (including phenoxy) is 1. The van der Waals surface area contributed by atoms with E-state index in [0.29, 0.717) is 31.1 Å². The van der Waals surface area contributed by atoms with Crippen molar-refractivity contribution in [2.45, 2.75) is 25.8 Å². The summed E-state index contributed by atoms with van der Waals surface area (Å²) in [5, 5.41) is 0.677. The Morgan fingerprint density at radius 3 is 2.85 bits per heavy atom. The van der Waals surface area contributed by atoms with E-state index in [0.717, 1.165) is 28.1 Å². The highest BCUT2D eigenvalue weighted by molar-refractivity contribution is 6.31. The number of amides is 1. The number of para-hydroxylation sites is 2. The first-order chi connectivity index (χ1) is 13.1. The van der Waals surface area contributed by atoms with Gasteiger partial charge in [-0.15, -0.1) is 0 Å². The minimum Gasteiger partial charge on any atom is -0.383 e. The van der Waals surface area contributed by atoms with E-state index in [2.05, 4.69) is 10.6 Å². The third-order valence-electron chi connectivity index (χ3n) is 5.22. The summed E-state index contributed by atoms with van der Waals surface area (Å²) in [6.45, 7) is 3.88. The van der Waals surface area contributed by atoms with Crippen LogP contribution < -0.4 is 4.90 Å². The summed E-state index contributed by atoms with van der Waals surface area (Å²) in [6.07, 6.45) is 0.447. The molecule has 140 valence electrons. The van der Waals surface area contributed by atoms with Crippen LogP contribution in [0.3, 0.4) is 0 Å². The van der Waals surface area contributed by atoms with E-state index in [4.69, 9.17) is 21.3 Å². The van der Waals surface area contributed by atoms with E-state index < -0.39 is 0 Å². The Labute approximate surface area is 163 Å². The summed E-state index contributed by atoms with van der Waals surface area (Å²) < 4.78 is 7.47. The van der Waals surface area contributed by atoms with Gasteiger partial charge in [-0.05, 0) is 36.8 Å². The van der Waals surface area contributed by atoms with Crippen LogP contribution in [-0.2, 0) is 16.1 Å². The van der Waals surface area contributed by atoms with E-state index in [1.54, 1.807) is 7.11 Å². The lowest BCUT2D eigenvalue weighted by atomic mass is 10.1. The maximum Gasteiger partial charge on any atom is 0.227 e. The smallest absolute Gasteiger partial charge is 0.227 e. The maximum absolute atomic E-state index is 12.8. The highest BCUT2D eigenvalue weighted by Gasteiger charge is 2.35. The average molecular weight is 384 g/mol. The Morgan fingerprint density at radius 2 is 2.04 bits per heavy atom. The van der Waals surface area contributed by atoms with Gasteiger partial charge in [0.25, 0.3) is 0 Å². The van der Waals surface area contributed by atoms with Crippen molar-refractivity contribution < 1.29 is 9.53 Å². The molecule has 1 saturated heterocycles. The van der Waals surface area contributed by atoms with Crippen molar-refractivity contribution in [2.24, 2.45) is 0 Å².